The number of hydrogen-bond acceptors (Lipinski definition) is 8. The normalized spacial score (nSPS) is 13.1. The first-order valence-electron chi connectivity index (χ1n) is 7.53. The van der Waals surface area contributed by atoms with E-state index in [1.54, 1.807) is 19.1 Å². The number of carbonyl (C=O) groups is 2. The molecule has 10 nitrogen and oxygen atoms in total. The van der Waals surface area contributed by atoms with Gasteiger partial charge in [-0.1, -0.05) is 0 Å². The van der Waals surface area contributed by atoms with E-state index in [9.17, 15) is 19.7 Å². The average molecular weight is 362 g/mol. The largest absolute Gasteiger partial charge is 0.467 e. The van der Waals surface area contributed by atoms with Crippen molar-refractivity contribution in [2.24, 2.45) is 0 Å². The Morgan fingerprint density at radius 3 is 2.73 bits per heavy atom. The molecule has 2 aromatic rings. The Hall–Kier alpha value is -3.56. The molecular formula is C16H14N2O8. The Morgan fingerprint density at radius 1 is 1.35 bits per heavy atom. The van der Waals surface area contributed by atoms with Crippen molar-refractivity contribution in [2.75, 3.05) is 13.4 Å². The van der Waals surface area contributed by atoms with E-state index in [0.29, 0.717) is 5.76 Å². The highest BCUT2D eigenvalue weighted by atomic mass is 16.7. The van der Waals surface area contributed by atoms with Crippen LogP contribution in [-0.2, 0) is 9.53 Å². The highest BCUT2D eigenvalue weighted by Gasteiger charge is 2.28. The molecule has 0 bridgehead atoms. The Kier molecular flexibility index (Phi) is 4.74. The Labute approximate surface area is 146 Å². The van der Waals surface area contributed by atoms with Crippen LogP contribution < -0.4 is 14.8 Å². The SMILES string of the molecule is C[C@@H](NC(=O)COC(=O)c1cc2c(cc1[N+](=O)[O-])OCO2)c1ccco1. The lowest BCUT2D eigenvalue weighted by Crippen LogP contribution is -2.31. The average Bonchev–Trinajstić information content (AvgIpc) is 3.29. The molecule has 1 aromatic carbocycles. The summed E-state index contributed by atoms with van der Waals surface area (Å²) < 4.78 is 20.2. The fourth-order valence-corrected chi connectivity index (χ4v) is 2.35. The zero-order valence-electron chi connectivity index (χ0n) is 13.6. The van der Waals surface area contributed by atoms with Crippen LogP contribution in [0.25, 0.3) is 0 Å². The van der Waals surface area contributed by atoms with Gasteiger partial charge in [-0.25, -0.2) is 4.79 Å². The van der Waals surface area contributed by atoms with Gasteiger partial charge < -0.3 is 23.9 Å². The van der Waals surface area contributed by atoms with Crippen molar-refractivity contribution in [1.82, 2.24) is 5.32 Å². The number of esters is 1. The molecular weight excluding hydrogens is 348 g/mol. The first-order chi connectivity index (χ1) is 12.5. The van der Waals surface area contributed by atoms with Gasteiger partial charge in [-0.2, -0.15) is 0 Å². The predicted octanol–water partition coefficient (Wildman–Crippen LogP) is 1.95. The van der Waals surface area contributed by atoms with Gasteiger partial charge in [-0.05, 0) is 19.1 Å². The molecule has 2 heterocycles. The van der Waals surface area contributed by atoms with Gasteiger partial charge in [0.05, 0.1) is 23.3 Å². The Bertz CT molecular complexity index is 846. The van der Waals surface area contributed by atoms with E-state index in [1.165, 1.54) is 6.26 Å². The van der Waals surface area contributed by atoms with Crippen molar-refractivity contribution in [2.45, 2.75) is 13.0 Å². The maximum atomic E-state index is 12.2. The molecule has 136 valence electrons. The van der Waals surface area contributed by atoms with Gasteiger partial charge in [0.2, 0.25) is 6.79 Å². The van der Waals surface area contributed by atoms with Crippen LogP contribution in [-0.4, -0.2) is 30.2 Å². The van der Waals surface area contributed by atoms with E-state index in [4.69, 9.17) is 18.6 Å². The van der Waals surface area contributed by atoms with Gasteiger partial charge in [0.1, 0.15) is 11.3 Å². The lowest BCUT2D eigenvalue weighted by Gasteiger charge is -2.11. The van der Waals surface area contributed by atoms with Crippen molar-refractivity contribution >= 4 is 17.6 Å². The van der Waals surface area contributed by atoms with Crippen LogP contribution >= 0.6 is 0 Å². The van der Waals surface area contributed by atoms with Gasteiger partial charge in [0.25, 0.3) is 11.6 Å². The highest BCUT2D eigenvalue weighted by molar-refractivity contribution is 5.96. The van der Waals surface area contributed by atoms with Crippen LogP contribution in [0.4, 0.5) is 5.69 Å². The minimum absolute atomic E-state index is 0.0991. The van der Waals surface area contributed by atoms with Crippen LogP contribution in [0.5, 0.6) is 11.5 Å². The van der Waals surface area contributed by atoms with Crippen LogP contribution in [0.1, 0.15) is 29.1 Å². The first kappa shape index (κ1) is 17.3. The fraction of sp³-hybridized carbons (Fsp3) is 0.250. The molecule has 0 aliphatic carbocycles. The third-order valence-corrected chi connectivity index (χ3v) is 3.59. The topological polar surface area (TPSA) is 130 Å². The zero-order chi connectivity index (χ0) is 18.7. The molecule has 1 aromatic heterocycles. The summed E-state index contributed by atoms with van der Waals surface area (Å²) in [5.74, 6) is -0.700. The summed E-state index contributed by atoms with van der Waals surface area (Å²) in [5, 5.41) is 13.7. The minimum Gasteiger partial charge on any atom is -0.467 e. The van der Waals surface area contributed by atoms with Crippen molar-refractivity contribution < 1.29 is 33.1 Å². The van der Waals surface area contributed by atoms with Crippen molar-refractivity contribution in [3.63, 3.8) is 0 Å². The Balaban J connectivity index is 1.65. The highest BCUT2D eigenvalue weighted by Crippen LogP contribution is 2.38. The number of furan rings is 1. The summed E-state index contributed by atoms with van der Waals surface area (Å²) >= 11 is 0. The summed E-state index contributed by atoms with van der Waals surface area (Å²) in [4.78, 5) is 34.5. The van der Waals surface area contributed by atoms with E-state index in [-0.39, 0.29) is 23.9 Å². The molecule has 1 amide bonds. The molecule has 0 unspecified atom stereocenters. The van der Waals surface area contributed by atoms with E-state index >= 15 is 0 Å². The van der Waals surface area contributed by atoms with Gasteiger partial charge in [-0.3, -0.25) is 14.9 Å². The monoisotopic (exact) mass is 362 g/mol. The number of nitrogens with one attached hydrogen (secondary N) is 1. The number of nitrogens with zero attached hydrogens (tertiary/aromatic N) is 1. The van der Waals surface area contributed by atoms with Crippen molar-refractivity contribution in [3.05, 3.63) is 52.0 Å². The number of ether oxygens (including phenoxy) is 3. The molecule has 0 saturated carbocycles. The number of amides is 1. The van der Waals surface area contributed by atoms with Crippen LogP contribution in [0.15, 0.2) is 34.9 Å². The maximum Gasteiger partial charge on any atom is 0.345 e. The molecule has 1 atom stereocenters. The molecule has 10 heteroatoms. The molecule has 0 spiro atoms. The van der Waals surface area contributed by atoms with Crippen molar-refractivity contribution in [1.29, 1.82) is 0 Å². The number of carbonyl (C=O) groups excluding carboxylic acids is 2. The molecule has 0 saturated heterocycles. The second kappa shape index (κ2) is 7.13. The van der Waals surface area contributed by atoms with Crippen molar-refractivity contribution in [3.8, 4) is 11.5 Å². The second-order valence-electron chi connectivity index (χ2n) is 5.36. The molecule has 1 aliphatic heterocycles. The third-order valence-electron chi connectivity index (χ3n) is 3.59. The van der Waals surface area contributed by atoms with E-state index in [1.807, 2.05) is 0 Å². The van der Waals surface area contributed by atoms with Crippen LogP contribution in [0, 0.1) is 10.1 Å². The molecule has 1 aliphatic rings. The number of rotatable bonds is 6. The quantitative estimate of drug-likeness (QED) is 0.469. The van der Waals surface area contributed by atoms with Crippen LogP contribution in [0.3, 0.4) is 0 Å². The molecule has 3 rings (SSSR count). The number of benzene rings is 1. The van der Waals surface area contributed by atoms with Gasteiger partial charge in [0.15, 0.2) is 18.1 Å². The number of nitro groups is 1. The molecule has 0 fully saturated rings. The summed E-state index contributed by atoms with van der Waals surface area (Å²) in [6.07, 6.45) is 1.47. The van der Waals surface area contributed by atoms with Gasteiger partial charge >= 0.3 is 5.97 Å². The number of hydrogen-bond donors (Lipinski definition) is 1. The maximum absolute atomic E-state index is 12.2. The smallest absolute Gasteiger partial charge is 0.345 e. The third kappa shape index (κ3) is 3.58. The first-order valence-corrected chi connectivity index (χ1v) is 7.53. The number of fused-ring (bicyclic) bond motifs is 1. The predicted molar refractivity (Wildman–Crippen MR) is 84.8 cm³/mol. The van der Waals surface area contributed by atoms with E-state index < -0.39 is 35.1 Å². The molecule has 1 N–H and O–H groups in total. The van der Waals surface area contributed by atoms with Crippen LogP contribution in [0.2, 0.25) is 0 Å². The lowest BCUT2D eigenvalue weighted by molar-refractivity contribution is -0.385. The summed E-state index contributed by atoms with van der Waals surface area (Å²) in [6.45, 7) is 0.995. The zero-order valence-corrected chi connectivity index (χ0v) is 13.6. The molecule has 0 radical (unpaired) electrons. The standard InChI is InChI=1S/C16H14N2O8/c1-9(12-3-2-4-23-12)17-15(19)7-24-16(20)10-5-13-14(26-8-25-13)6-11(10)18(21)22/h2-6,9H,7-8H2,1H3,(H,17,19)/t9-/m1/s1. The van der Waals surface area contributed by atoms with E-state index in [2.05, 4.69) is 5.32 Å². The summed E-state index contributed by atoms with van der Waals surface area (Å²) in [7, 11) is 0. The Morgan fingerprint density at radius 2 is 2.08 bits per heavy atom. The van der Waals surface area contributed by atoms with E-state index in [0.717, 1.165) is 12.1 Å². The summed E-state index contributed by atoms with van der Waals surface area (Å²) in [6, 6.07) is 5.18. The van der Waals surface area contributed by atoms with Gasteiger partial charge in [-0.15, -0.1) is 0 Å². The van der Waals surface area contributed by atoms with Gasteiger partial charge in [0, 0.05) is 6.07 Å². The molecule has 26 heavy (non-hydrogen) atoms. The second-order valence-corrected chi connectivity index (χ2v) is 5.36. The lowest BCUT2D eigenvalue weighted by atomic mass is 10.1. The summed E-state index contributed by atoms with van der Waals surface area (Å²) in [5.41, 5.74) is -0.824. The fourth-order valence-electron chi connectivity index (χ4n) is 2.35. The number of nitro benzene ring substituents is 1. The minimum atomic E-state index is -1.02.